The molecule has 1 aliphatic rings. The average molecular weight is 289 g/mol. The molecular weight excluding hydrogens is 262 g/mol. The Morgan fingerprint density at radius 3 is 3.00 bits per heavy atom. The molecule has 21 heavy (non-hydrogen) atoms. The van der Waals surface area contributed by atoms with Gasteiger partial charge in [-0.25, -0.2) is 4.98 Å². The van der Waals surface area contributed by atoms with Crippen LogP contribution in [0.2, 0.25) is 0 Å². The number of nitrogens with one attached hydrogen (secondary N) is 1. The van der Waals surface area contributed by atoms with Crippen molar-refractivity contribution in [1.82, 2.24) is 19.8 Å². The Bertz CT molecular complexity index is 475. The molecule has 1 aromatic heterocycles. The van der Waals surface area contributed by atoms with E-state index in [1.165, 1.54) is 0 Å². The first-order chi connectivity index (χ1) is 10.2. The van der Waals surface area contributed by atoms with Crippen LogP contribution in [0, 0.1) is 11.3 Å². The molecule has 0 saturated carbocycles. The van der Waals surface area contributed by atoms with Crippen LogP contribution in [0.15, 0.2) is 12.4 Å². The van der Waals surface area contributed by atoms with E-state index in [4.69, 9.17) is 0 Å². The molecule has 2 rings (SSSR count). The van der Waals surface area contributed by atoms with Gasteiger partial charge < -0.3 is 4.57 Å². The third-order valence-electron chi connectivity index (χ3n) is 4.43. The molecule has 5 heteroatoms. The van der Waals surface area contributed by atoms with Gasteiger partial charge in [-0.15, -0.1) is 0 Å². The third kappa shape index (κ3) is 4.05. The molecular formula is C16H27N5. The summed E-state index contributed by atoms with van der Waals surface area (Å²) in [7, 11) is 0. The number of hydrogen-bond acceptors (Lipinski definition) is 4. The van der Waals surface area contributed by atoms with Crippen molar-refractivity contribution in [2.24, 2.45) is 0 Å². The lowest BCUT2D eigenvalue weighted by Gasteiger charge is -2.30. The molecule has 0 bridgehead atoms. The summed E-state index contributed by atoms with van der Waals surface area (Å²) in [5.41, 5.74) is -0.343. The maximum atomic E-state index is 9.50. The number of fused-ring (bicyclic) bond motifs is 1. The SMILES string of the molecule is CCCNC(C#N)(CC)CCCN1CCn2ccnc2C1. The zero-order valence-electron chi connectivity index (χ0n) is 13.3. The van der Waals surface area contributed by atoms with Gasteiger partial charge >= 0.3 is 0 Å². The topological polar surface area (TPSA) is 56.9 Å². The molecule has 1 aromatic rings. The van der Waals surface area contributed by atoms with Crippen molar-refractivity contribution in [2.45, 2.75) is 58.2 Å². The van der Waals surface area contributed by atoms with Gasteiger partial charge in [0.1, 0.15) is 11.4 Å². The summed E-state index contributed by atoms with van der Waals surface area (Å²) in [4.78, 5) is 6.84. The zero-order chi connectivity index (χ0) is 15.1. The van der Waals surface area contributed by atoms with Crippen LogP contribution in [0.1, 0.15) is 45.4 Å². The van der Waals surface area contributed by atoms with E-state index in [0.717, 1.165) is 64.2 Å². The Kier molecular flexibility index (Phi) is 5.77. The van der Waals surface area contributed by atoms with Crippen molar-refractivity contribution in [3.8, 4) is 6.07 Å². The van der Waals surface area contributed by atoms with E-state index >= 15 is 0 Å². The van der Waals surface area contributed by atoms with Crippen LogP contribution in [0.5, 0.6) is 0 Å². The fraction of sp³-hybridized carbons (Fsp3) is 0.750. The monoisotopic (exact) mass is 289 g/mol. The predicted molar refractivity (Wildman–Crippen MR) is 83.7 cm³/mol. The van der Waals surface area contributed by atoms with Gasteiger partial charge in [-0.1, -0.05) is 13.8 Å². The van der Waals surface area contributed by atoms with E-state index < -0.39 is 0 Å². The Labute approximate surface area is 128 Å². The van der Waals surface area contributed by atoms with Crippen LogP contribution in [-0.2, 0) is 13.1 Å². The maximum Gasteiger partial charge on any atom is 0.122 e. The summed E-state index contributed by atoms with van der Waals surface area (Å²) >= 11 is 0. The molecule has 116 valence electrons. The number of imidazole rings is 1. The standard InChI is InChI=1S/C16H27N5/c1-3-7-19-16(4-2,14-17)6-5-9-20-11-12-21-10-8-18-15(21)13-20/h8,10,19H,3-7,9,11-13H2,1-2H3. The molecule has 0 amide bonds. The lowest BCUT2D eigenvalue weighted by atomic mass is 9.91. The van der Waals surface area contributed by atoms with Gasteiger partial charge in [-0.2, -0.15) is 5.26 Å². The predicted octanol–water partition coefficient (Wildman–Crippen LogP) is 2.15. The largest absolute Gasteiger partial charge is 0.333 e. The zero-order valence-corrected chi connectivity index (χ0v) is 13.3. The van der Waals surface area contributed by atoms with Crippen molar-refractivity contribution in [1.29, 1.82) is 5.26 Å². The smallest absolute Gasteiger partial charge is 0.122 e. The Hall–Kier alpha value is -1.38. The Morgan fingerprint density at radius 2 is 2.29 bits per heavy atom. The summed E-state index contributed by atoms with van der Waals surface area (Å²) in [5.74, 6) is 1.16. The van der Waals surface area contributed by atoms with Gasteiger partial charge in [0.25, 0.3) is 0 Å². The first kappa shape index (κ1) is 16.0. The molecule has 0 aromatic carbocycles. The Morgan fingerprint density at radius 1 is 1.43 bits per heavy atom. The number of nitriles is 1. The van der Waals surface area contributed by atoms with Crippen LogP contribution in [0.4, 0.5) is 0 Å². The normalized spacial score (nSPS) is 18.0. The second-order valence-electron chi connectivity index (χ2n) is 5.89. The van der Waals surface area contributed by atoms with E-state index in [1.807, 2.05) is 6.20 Å². The van der Waals surface area contributed by atoms with Gasteiger partial charge in [0.15, 0.2) is 0 Å². The number of rotatable bonds is 8. The van der Waals surface area contributed by atoms with Gasteiger partial charge in [0.2, 0.25) is 0 Å². The fourth-order valence-corrected chi connectivity index (χ4v) is 2.95. The van der Waals surface area contributed by atoms with E-state index in [0.29, 0.717) is 0 Å². The second kappa shape index (κ2) is 7.58. The minimum Gasteiger partial charge on any atom is -0.333 e. The van der Waals surface area contributed by atoms with Crippen LogP contribution in [-0.4, -0.2) is 39.6 Å². The Balaban J connectivity index is 1.79. The molecule has 1 aliphatic heterocycles. The summed E-state index contributed by atoms with van der Waals surface area (Å²) in [5, 5.41) is 12.9. The molecule has 1 N–H and O–H groups in total. The average Bonchev–Trinajstić information content (AvgIpc) is 2.98. The minimum atomic E-state index is -0.343. The van der Waals surface area contributed by atoms with Crippen molar-refractivity contribution in [3.63, 3.8) is 0 Å². The van der Waals surface area contributed by atoms with E-state index in [9.17, 15) is 5.26 Å². The van der Waals surface area contributed by atoms with Crippen LogP contribution < -0.4 is 5.32 Å². The third-order valence-corrected chi connectivity index (χ3v) is 4.43. The van der Waals surface area contributed by atoms with E-state index in [2.05, 4.69) is 45.9 Å². The van der Waals surface area contributed by atoms with E-state index in [-0.39, 0.29) is 5.54 Å². The lowest BCUT2D eigenvalue weighted by molar-refractivity contribution is 0.205. The molecule has 5 nitrogen and oxygen atoms in total. The molecule has 0 radical (unpaired) electrons. The van der Waals surface area contributed by atoms with Gasteiger partial charge in [0.05, 0.1) is 12.6 Å². The van der Waals surface area contributed by atoms with Crippen LogP contribution >= 0.6 is 0 Å². The van der Waals surface area contributed by atoms with Gasteiger partial charge in [-0.3, -0.25) is 10.2 Å². The fourth-order valence-electron chi connectivity index (χ4n) is 2.95. The minimum absolute atomic E-state index is 0.343. The summed E-state index contributed by atoms with van der Waals surface area (Å²) in [6.45, 7) is 9.25. The van der Waals surface area contributed by atoms with Gasteiger partial charge in [-0.05, 0) is 38.8 Å². The quantitative estimate of drug-likeness (QED) is 0.796. The highest BCUT2D eigenvalue weighted by molar-refractivity contribution is 5.06. The number of hydrogen-bond donors (Lipinski definition) is 1. The van der Waals surface area contributed by atoms with Gasteiger partial charge in [0, 0.05) is 25.5 Å². The van der Waals surface area contributed by atoms with E-state index in [1.54, 1.807) is 0 Å². The molecule has 0 saturated heterocycles. The highest BCUT2D eigenvalue weighted by Gasteiger charge is 2.27. The molecule has 0 fully saturated rings. The van der Waals surface area contributed by atoms with Crippen molar-refractivity contribution < 1.29 is 0 Å². The highest BCUT2D eigenvalue weighted by atomic mass is 15.2. The van der Waals surface area contributed by atoms with Crippen LogP contribution in [0.25, 0.3) is 0 Å². The molecule has 0 spiro atoms. The number of nitrogens with zero attached hydrogens (tertiary/aromatic N) is 4. The molecule has 2 heterocycles. The summed E-state index contributed by atoms with van der Waals surface area (Å²) < 4.78 is 2.23. The first-order valence-electron chi connectivity index (χ1n) is 8.11. The van der Waals surface area contributed by atoms with Crippen molar-refractivity contribution >= 4 is 0 Å². The molecule has 0 aliphatic carbocycles. The van der Waals surface area contributed by atoms with Crippen LogP contribution in [0.3, 0.4) is 0 Å². The molecule has 1 atom stereocenters. The summed E-state index contributed by atoms with van der Waals surface area (Å²) in [6, 6.07) is 2.50. The maximum absolute atomic E-state index is 9.50. The summed E-state index contributed by atoms with van der Waals surface area (Å²) in [6.07, 6.45) is 7.85. The molecule has 1 unspecified atom stereocenters. The second-order valence-corrected chi connectivity index (χ2v) is 5.89. The first-order valence-corrected chi connectivity index (χ1v) is 8.11. The van der Waals surface area contributed by atoms with Crippen molar-refractivity contribution in [3.05, 3.63) is 18.2 Å². The van der Waals surface area contributed by atoms with Crippen molar-refractivity contribution in [2.75, 3.05) is 19.6 Å². The lowest BCUT2D eigenvalue weighted by Crippen LogP contribution is -2.44. The highest BCUT2D eigenvalue weighted by Crippen LogP contribution is 2.18. The number of aromatic nitrogens is 2.